The van der Waals surface area contributed by atoms with Gasteiger partial charge in [-0.3, -0.25) is 0 Å². The fraction of sp³-hybridized carbons (Fsp3) is 0.308. The minimum atomic E-state index is -0.426. The molecule has 1 atom stereocenters. The lowest BCUT2D eigenvalue weighted by Crippen LogP contribution is -2.20. The van der Waals surface area contributed by atoms with Crippen molar-refractivity contribution in [2.24, 2.45) is 5.73 Å². The third kappa shape index (κ3) is 4.01. The van der Waals surface area contributed by atoms with E-state index in [9.17, 15) is 4.79 Å². The van der Waals surface area contributed by atoms with Crippen molar-refractivity contribution in [3.63, 3.8) is 0 Å². The van der Waals surface area contributed by atoms with Crippen molar-refractivity contribution in [1.82, 2.24) is 0 Å². The number of hydrogen-bond acceptors (Lipinski definition) is 4. The number of nitrogens with two attached hydrogens (primary N) is 1. The fourth-order valence-electron chi connectivity index (χ4n) is 1.33. The van der Waals surface area contributed by atoms with E-state index in [1.165, 1.54) is 0 Å². The first-order valence-electron chi connectivity index (χ1n) is 5.49. The number of aliphatic hydroxyl groups excluding tert-OH is 1. The van der Waals surface area contributed by atoms with Crippen molar-refractivity contribution in [2.75, 3.05) is 13.2 Å². The van der Waals surface area contributed by atoms with E-state index < -0.39 is 6.04 Å². The second kappa shape index (κ2) is 6.83. The number of benzene rings is 1. The molecule has 4 nitrogen and oxygen atoms in total. The van der Waals surface area contributed by atoms with Crippen LogP contribution in [0, 0.1) is 0 Å². The molecule has 1 aromatic carbocycles. The molecule has 0 aliphatic heterocycles. The Morgan fingerprint density at radius 1 is 1.53 bits per heavy atom. The van der Waals surface area contributed by atoms with E-state index in [0.717, 1.165) is 5.56 Å². The molecule has 17 heavy (non-hydrogen) atoms. The second-order valence-electron chi connectivity index (χ2n) is 3.51. The Morgan fingerprint density at radius 2 is 2.24 bits per heavy atom. The van der Waals surface area contributed by atoms with Crippen LogP contribution in [0.2, 0.25) is 0 Å². The zero-order valence-electron chi connectivity index (χ0n) is 9.80. The average Bonchev–Trinajstić information content (AvgIpc) is 2.36. The Morgan fingerprint density at radius 3 is 2.88 bits per heavy atom. The van der Waals surface area contributed by atoms with Crippen LogP contribution >= 0.6 is 0 Å². The molecule has 0 saturated heterocycles. The summed E-state index contributed by atoms with van der Waals surface area (Å²) in [7, 11) is 0. The van der Waals surface area contributed by atoms with Crippen molar-refractivity contribution in [3.05, 3.63) is 41.5 Å². The van der Waals surface area contributed by atoms with Crippen molar-refractivity contribution in [1.29, 1.82) is 0 Å². The number of rotatable bonds is 5. The highest BCUT2D eigenvalue weighted by Crippen LogP contribution is 2.12. The maximum absolute atomic E-state index is 11.6. The highest BCUT2D eigenvalue weighted by atomic mass is 16.5. The average molecular weight is 235 g/mol. The Hall–Kier alpha value is -1.65. The Balaban J connectivity index is 2.92. The van der Waals surface area contributed by atoms with Gasteiger partial charge in [-0.15, -0.1) is 0 Å². The molecule has 0 amide bonds. The third-order valence-electron chi connectivity index (χ3n) is 2.19. The summed E-state index contributed by atoms with van der Waals surface area (Å²) in [4.78, 5) is 11.6. The summed E-state index contributed by atoms with van der Waals surface area (Å²) >= 11 is 0. The molecule has 1 rings (SSSR count). The van der Waals surface area contributed by atoms with Gasteiger partial charge in [-0.05, 0) is 18.6 Å². The molecule has 0 bridgehead atoms. The van der Waals surface area contributed by atoms with Gasteiger partial charge in [0.25, 0.3) is 0 Å². The summed E-state index contributed by atoms with van der Waals surface area (Å²) in [6.45, 7) is 1.98. The zero-order valence-corrected chi connectivity index (χ0v) is 9.80. The van der Waals surface area contributed by atoms with Crippen molar-refractivity contribution in [2.45, 2.75) is 13.0 Å². The lowest BCUT2D eigenvalue weighted by molar-refractivity contribution is 0.0526. The van der Waals surface area contributed by atoms with Crippen LogP contribution in [-0.2, 0) is 4.74 Å². The molecule has 4 heteroatoms. The Kier molecular flexibility index (Phi) is 5.39. The number of ether oxygens (including phenoxy) is 1. The first kappa shape index (κ1) is 13.4. The molecule has 0 saturated carbocycles. The molecule has 3 N–H and O–H groups in total. The summed E-state index contributed by atoms with van der Waals surface area (Å²) < 4.78 is 4.95. The van der Waals surface area contributed by atoms with Crippen LogP contribution < -0.4 is 5.73 Å². The van der Waals surface area contributed by atoms with Crippen LogP contribution in [0.4, 0.5) is 0 Å². The van der Waals surface area contributed by atoms with Gasteiger partial charge in [0.2, 0.25) is 0 Å². The molecule has 1 aromatic rings. The predicted octanol–water partition coefficient (Wildman–Crippen LogP) is 1.20. The summed E-state index contributed by atoms with van der Waals surface area (Å²) in [6.07, 6.45) is 3.37. The van der Waals surface area contributed by atoms with Crippen molar-refractivity contribution in [3.8, 4) is 0 Å². The number of esters is 1. The largest absolute Gasteiger partial charge is 0.462 e. The van der Waals surface area contributed by atoms with Crippen LogP contribution in [0.5, 0.6) is 0 Å². The van der Waals surface area contributed by atoms with Gasteiger partial charge >= 0.3 is 5.97 Å². The van der Waals surface area contributed by atoms with Gasteiger partial charge in [-0.25, -0.2) is 4.79 Å². The van der Waals surface area contributed by atoms with E-state index in [1.807, 2.05) is 6.07 Å². The van der Waals surface area contributed by atoms with Gasteiger partial charge in [0, 0.05) is 6.04 Å². The van der Waals surface area contributed by atoms with Gasteiger partial charge in [0.15, 0.2) is 0 Å². The number of aliphatic hydroxyl groups is 1. The van der Waals surface area contributed by atoms with Crippen LogP contribution in [-0.4, -0.2) is 30.3 Å². The zero-order chi connectivity index (χ0) is 12.7. The molecule has 0 aromatic heterocycles. The minimum absolute atomic E-state index is 0.127. The fourth-order valence-corrected chi connectivity index (χ4v) is 1.33. The third-order valence-corrected chi connectivity index (χ3v) is 2.19. The molecule has 0 fully saturated rings. The van der Waals surface area contributed by atoms with E-state index >= 15 is 0 Å². The maximum atomic E-state index is 11.6. The van der Waals surface area contributed by atoms with Gasteiger partial charge in [0.05, 0.1) is 18.8 Å². The monoisotopic (exact) mass is 235 g/mol. The Bertz CT molecular complexity index is 401. The van der Waals surface area contributed by atoms with Crippen LogP contribution in [0.15, 0.2) is 30.3 Å². The molecule has 0 aliphatic rings. The van der Waals surface area contributed by atoms with E-state index in [2.05, 4.69) is 0 Å². The van der Waals surface area contributed by atoms with Gasteiger partial charge in [0.1, 0.15) is 0 Å². The van der Waals surface area contributed by atoms with Crippen LogP contribution in [0.3, 0.4) is 0 Å². The first-order valence-corrected chi connectivity index (χ1v) is 5.49. The van der Waals surface area contributed by atoms with Crippen LogP contribution in [0.25, 0.3) is 6.08 Å². The van der Waals surface area contributed by atoms with Gasteiger partial charge in [-0.2, -0.15) is 0 Å². The molecule has 0 heterocycles. The van der Waals surface area contributed by atoms with Crippen molar-refractivity contribution < 1.29 is 14.6 Å². The highest BCUT2D eigenvalue weighted by Gasteiger charge is 2.09. The minimum Gasteiger partial charge on any atom is -0.462 e. The molecular weight excluding hydrogens is 218 g/mol. The summed E-state index contributed by atoms with van der Waals surface area (Å²) in [5.74, 6) is -0.356. The molecule has 0 spiro atoms. The normalized spacial score (nSPS) is 12.6. The summed E-state index contributed by atoms with van der Waals surface area (Å²) in [6, 6.07) is 6.67. The SMILES string of the molecule is CCOC(=O)c1ccccc1C=C[C@@H](N)CO. The summed E-state index contributed by atoms with van der Waals surface area (Å²) in [5, 5.41) is 8.81. The summed E-state index contributed by atoms with van der Waals surface area (Å²) in [5.41, 5.74) is 6.78. The van der Waals surface area contributed by atoms with E-state index in [4.69, 9.17) is 15.6 Å². The number of carbonyl (C=O) groups is 1. The van der Waals surface area contributed by atoms with E-state index in [-0.39, 0.29) is 12.6 Å². The quantitative estimate of drug-likeness (QED) is 0.752. The second-order valence-corrected chi connectivity index (χ2v) is 3.51. The van der Waals surface area contributed by atoms with E-state index in [0.29, 0.717) is 12.2 Å². The molecule has 0 aliphatic carbocycles. The first-order chi connectivity index (χ1) is 8.19. The highest BCUT2D eigenvalue weighted by molar-refractivity contribution is 5.93. The molecule has 92 valence electrons. The van der Waals surface area contributed by atoms with Crippen molar-refractivity contribution >= 4 is 12.0 Å². The van der Waals surface area contributed by atoms with Gasteiger partial charge in [-0.1, -0.05) is 30.4 Å². The molecule has 0 radical (unpaired) electrons. The molecule has 0 unspecified atom stereocenters. The lowest BCUT2D eigenvalue weighted by Gasteiger charge is -2.06. The topological polar surface area (TPSA) is 72.5 Å². The Labute approximate surface area is 101 Å². The standard InChI is InChI=1S/C13H17NO3/c1-2-17-13(16)12-6-4-3-5-10(12)7-8-11(14)9-15/h3-8,11,15H,2,9,14H2,1H3/t11-/m1/s1. The van der Waals surface area contributed by atoms with Gasteiger partial charge < -0.3 is 15.6 Å². The van der Waals surface area contributed by atoms with Crippen LogP contribution in [0.1, 0.15) is 22.8 Å². The molecular formula is C13H17NO3. The number of carbonyl (C=O) groups excluding carboxylic acids is 1. The maximum Gasteiger partial charge on any atom is 0.338 e. The number of hydrogen-bond donors (Lipinski definition) is 2. The lowest BCUT2D eigenvalue weighted by atomic mass is 10.1. The predicted molar refractivity (Wildman–Crippen MR) is 66.5 cm³/mol. The van der Waals surface area contributed by atoms with E-state index in [1.54, 1.807) is 37.3 Å². The smallest absolute Gasteiger partial charge is 0.338 e.